The molecular weight excluding hydrogens is 364 g/mol. The van der Waals surface area contributed by atoms with Gasteiger partial charge in [0.1, 0.15) is 5.75 Å². The number of hydrogen-bond acceptors (Lipinski definition) is 5. The number of carbonyl (C=O) groups excluding carboxylic acids is 1. The first kappa shape index (κ1) is 19.3. The molecule has 0 aliphatic rings. The van der Waals surface area contributed by atoms with E-state index in [1.165, 1.54) is 11.3 Å². The van der Waals surface area contributed by atoms with E-state index >= 15 is 0 Å². The molecule has 27 heavy (non-hydrogen) atoms. The van der Waals surface area contributed by atoms with E-state index < -0.39 is 0 Å². The van der Waals surface area contributed by atoms with E-state index in [4.69, 9.17) is 9.47 Å². The van der Waals surface area contributed by atoms with Crippen LogP contribution in [0.1, 0.15) is 30.0 Å². The van der Waals surface area contributed by atoms with Gasteiger partial charge in [0, 0.05) is 25.9 Å². The Hall–Kier alpha value is -2.45. The maximum atomic E-state index is 12.6. The number of aromatic nitrogens is 3. The van der Waals surface area contributed by atoms with Gasteiger partial charge in [0.2, 0.25) is 0 Å². The molecule has 0 spiro atoms. The number of rotatable bonds is 7. The molecule has 0 aliphatic carbocycles. The first-order valence-corrected chi connectivity index (χ1v) is 9.78. The van der Waals surface area contributed by atoms with Gasteiger partial charge in [-0.3, -0.25) is 9.48 Å². The molecule has 8 heteroatoms. The van der Waals surface area contributed by atoms with Crippen molar-refractivity contribution >= 4 is 27.5 Å². The molecule has 3 rings (SSSR count). The molecule has 144 valence electrons. The van der Waals surface area contributed by atoms with E-state index in [0.717, 1.165) is 21.7 Å². The Morgan fingerprint density at radius 1 is 1.26 bits per heavy atom. The van der Waals surface area contributed by atoms with Gasteiger partial charge in [-0.1, -0.05) is 11.3 Å². The maximum absolute atomic E-state index is 12.6. The number of fused-ring (bicyclic) bond motifs is 1. The Kier molecular flexibility index (Phi) is 6.08. The summed E-state index contributed by atoms with van der Waals surface area (Å²) in [4.78, 5) is 17.6. The normalized spacial score (nSPS) is 12.1. The smallest absolute Gasteiger partial charge is 0.300 e. The van der Waals surface area contributed by atoms with Gasteiger partial charge in [-0.15, -0.1) is 0 Å². The molecule has 0 radical (unpaired) electrons. The first-order chi connectivity index (χ1) is 13.0. The predicted octanol–water partition coefficient (Wildman–Crippen LogP) is 2.92. The van der Waals surface area contributed by atoms with Crippen molar-refractivity contribution in [3.05, 3.63) is 40.5 Å². The lowest BCUT2D eigenvalue weighted by Gasteiger charge is -2.06. The molecule has 1 aromatic carbocycles. The van der Waals surface area contributed by atoms with Crippen molar-refractivity contribution in [2.75, 3.05) is 19.8 Å². The SMILES string of the molecule is CCOCCn1c(=NC(=O)c2cc(C)n(C)n2)sc2cc(OCC)ccc21. The van der Waals surface area contributed by atoms with Gasteiger partial charge in [0.25, 0.3) is 5.91 Å². The molecule has 0 saturated carbocycles. The van der Waals surface area contributed by atoms with Crippen molar-refractivity contribution in [3.8, 4) is 5.75 Å². The summed E-state index contributed by atoms with van der Waals surface area (Å²) in [5.41, 5.74) is 2.26. The highest BCUT2D eigenvalue weighted by Gasteiger charge is 2.13. The summed E-state index contributed by atoms with van der Waals surface area (Å²) in [6, 6.07) is 7.66. The standard InChI is InChI=1S/C19H24N4O3S/c1-5-25-10-9-23-16-8-7-14(26-6-2)12-17(16)27-19(23)20-18(24)15-11-13(3)22(4)21-15/h7-8,11-12H,5-6,9-10H2,1-4H3. The van der Waals surface area contributed by atoms with E-state index in [0.29, 0.717) is 36.9 Å². The average Bonchev–Trinajstić information content (AvgIpc) is 3.15. The second kappa shape index (κ2) is 8.49. The number of ether oxygens (including phenoxy) is 2. The Labute approximate surface area is 161 Å². The average molecular weight is 388 g/mol. The maximum Gasteiger partial charge on any atom is 0.300 e. The third-order valence-electron chi connectivity index (χ3n) is 4.16. The van der Waals surface area contributed by atoms with Gasteiger partial charge in [0.05, 0.1) is 23.4 Å². The Balaban J connectivity index is 2.05. The molecule has 7 nitrogen and oxygen atoms in total. The second-order valence-corrected chi connectivity index (χ2v) is 7.02. The summed E-state index contributed by atoms with van der Waals surface area (Å²) >= 11 is 1.46. The van der Waals surface area contributed by atoms with Gasteiger partial charge in [-0.2, -0.15) is 10.1 Å². The molecule has 0 saturated heterocycles. The van der Waals surface area contributed by atoms with Crippen LogP contribution in [0.15, 0.2) is 29.3 Å². The van der Waals surface area contributed by atoms with Crippen molar-refractivity contribution in [3.63, 3.8) is 0 Å². The Morgan fingerprint density at radius 3 is 2.74 bits per heavy atom. The van der Waals surface area contributed by atoms with Gasteiger partial charge >= 0.3 is 0 Å². The molecule has 0 aliphatic heterocycles. The summed E-state index contributed by atoms with van der Waals surface area (Å²) in [5.74, 6) is 0.460. The summed E-state index contributed by atoms with van der Waals surface area (Å²) in [7, 11) is 1.81. The van der Waals surface area contributed by atoms with Crippen LogP contribution in [0.3, 0.4) is 0 Å². The largest absolute Gasteiger partial charge is 0.494 e. The number of nitrogens with zero attached hydrogens (tertiary/aromatic N) is 4. The molecule has 0 bridgehead atoms. The van der Waals surface area contributed by atoms with E-state index in [1.807, 2.05) is 50.6 Å². The zero-order chi connectivity index (χ0) is 19.4. The van der Waals surface area contributed by atoms with E-state index in [2.05, 4.69) is 10.1 Å². The first-order valence-electron chi connectivity index (χ1n) is 8.97. The van der Waals surface area contributed by atoms with Crippen LogP contribution in [-0.2, 0) is 18.3 Å². The van der Waals surface area contributed by atoms with Crippen LogP contribution in [0, 0.1) is 6.92 Å². The van der Waals surface area contributed by atoms with Gasteiger partial charge < -0.3 is 14.0 Å². The van der Waals surface area contributed by atoms with Crippen LogP contribution >= 0.6 is 11.3 Å². The minimum absolute atomic E-state index is 0.346. The van der Waals surface area contributed by atoms with Crippen LogP contribution in [0.25, 0.3) is 10.2 Å². The van der Waals surface area contributed by atoms with Gasteiger partial charge in [0.15, 0.2) is 10.5 Å². The number of hydrogen-bond donors (Lipinski definition) is 0. The van der Waals surface area contributed by atoms with Crippen LogP contribution in [0.5, 0.6) is 5.75 Å². The third-order valence-corrected chi connectivity index (χ3v) is 5.20. The fraction of sp³-hybridized carbons (Fsp3) is 0.421. The van der Waals surface area contributed by atoms with Crippen molar-refractivity contribution in [2.45, 2.75) is 27.3 Å². The van der Waals surface area contributed by atoms with E-state index in [9.17, 15) is 4.79 Å². The molecule has 0 atom stereocenters. The summed E-state index contributed by atoms with van der Waals surface area (Å²) in [6.07, 6.45) is 0. The fourth-order valence-electron chi connectivity index (χ4n) is 2.72. The van der Waals surface area contributed by atoms with Crippen LogP contribution < -0.4 is 9.54 Å². The van der Waals surface area contributed by atoms with Crippen molar-refractivity contribution in [1.29, 1.82) is 0 Å². The van der Waals surface area contributed by atoms with Crippen LogP contribution in [0.2, 0.25) is 0 Å². The molecule has 1 amide bonds. The monoisotopic (exact) mass is 388 g/mol. The number of thiazole rings is 1. The molecular formula is C19H24N4O3S. The summed E-state index contributed by atoms with van der Waals surface area (Å²) < 4.78 is 15.8. The minimum Gasteiger partial charge on any atom is -0.494 e. The molecule has 0 unspecified atom stereocenters. The lowest BCUT2D eigenvalue weighted by Crippen LogP contribution is -2.20. The lowest BCUT2D eigenvalue weighted by atomic mass is 10.3. The quantitative estimate of drug-likeness (QED) is 0.584. The molecule has 3 aromatic rings. The van der Waals surface area contributed by atoms with Crippen molar-refractivity contribution in [2.24, 2.45) is 12.0 Å². The Morgan fingerprint density at radius 2 is 2.07 bits per heavy atom. The number of amides is 1. The molecule has 0 N–H and O–H groups in total. The number of benzene rings is 1. The lowest BCUT2D eigenvalue weighted by molar-refractivity contribution is 0.0991. The zero-order valence-corrected chi connectivity index (χ0v) is 16.9. The van der Waals surface area contributed by atoms with Crippen molar-refractivity contribution < 1.29 is 14.3 Å². The van der Waals surface area contributed by atoms with Crippen molar-refractivity contribution in [1.82, 2.24) is 14.3 Å². The van der Waals surface area contributed by atoms with E-state index in [1.54, 1.807) is 10.7 Å². The Bertz CT molecular complexity index is 996. The number of aryl methyl sites for hydroxylation is 2. The second-order valence-electron chi connectivity index (χ2n) is 6.01. The predicted molar refractivity (Wildman–Crippen MR) is 105 cm³/mol. The highest BCUT2D eigenvalue weighted by molar-refractivity contribution is 7.16. The van der Waals surface area contributed by atoms with Crippen LogP contribution in [-0.4, -0.2) is 40.1 Å². The fourth-order valence-corrected chi connectivity index (χ4v) is 3.80. The minimum atomic E-state index is -0.347. The van der Waals surface area contributed by atoms with E-state index in [-0.39, 0.29) is 5.91 Å². The molecule has 0 fully saturated rings. The van der Waals surface area contributed by atoms with Crippen LogP contribution in [0.4, 0.5) is 0 Å². The highest BCUT2D eigenvalue weighted by Crippen LogP contribution is 2.23. The third kappa shape index (κ3) is 4.28. The summed E-state index contributed by atoms with van der Waals surface area (Å²) in [6.45, 7) is 8.25. The summed E-state index contributed by atoms with van der Waals surface area (Å²) in [5, 5.41) is 4.23. The van der Waals surface area contributed by atoms with Gasteiger partial charge in [-0.25, -0.2) is 0 Å². The highest BCUT2D eigenvalue weighted by atomic mass is 32.1. The van der Waals surface area contributed by atoms with Gasteiger partial charge in [-0.05, 0) is 45.0 Å². The topological polar surface area (TPSA) is 70.6 Å². The molecule has 2 heterocycles. The number of carbonyl (C=O) groups is 1. The zero-order valence-electron chi connectivity index (χ0n) is 16.1. The molecule has 2 aromatic heterocycles.